The number of benzene rings is 2. The zero-order valence-corrected chi connectivity index (χ0v) is 23.7. The highest BCUT2D eigenvalue weighted by Gasteiger charge is 2.41. The van der Waals surface area contributed by atoms with Crippen LogP contribution in [0.1, 0.15) is 58.4 Å². The first-order chi connectivity index (χ1) is 18.6. The maximum absolute atomic E-state index is 13.1. The molecule has 1 aliphatic carbocycles. The van der Waals surface area contributed by atoms with Crippen molar-refractivity contribution in [3.63, 3.8) is 0 Å². The highest BCUT2D eigenvalue weighted by Crippen LogP contribution is 2.36. The van der Waals surface area contributed by atoms with Crippen LogP contribution in [0.15, 0.2) is 66.9 Å². The van der Waals surface area contributed by atoms with Gasteiger partial charge in [0.15, 0.2) is 0 Å². The summed E-state index contributed by atoms with van der Waals surface area (Å²) in [4.78, 5) is 20.4. The Balaban J connectivity index is 1.27. The van der Waals surface area contributed by atoms with E-state index >= 15 is 0 Å². The third kappa shape index (κ3) is 6.24. The molecule has 2 aromatic carbocycles. The van der Waals surface area contributed by atoms with Gasteiger partial charge in [0.2, 0.25) is 5.91 Å². The van der Waals surface area contributed by atoms with Crippen molar-refractivity contribution in [2.45, 2.75) is 70.0 Å². The van der Waals surface area contributed by atoms with Gasteiger partial charge in [0.25, 0.3) is 0 Å². The minimum atomic E-state index is -0.402. The molecule has 1 saturated carbocycles. The maximum Gasteiger partial charge on any atom is 0.224 e. The quantitative estimate of drug-likeness (QED) is 0.364. The van der Waals surface area contributed by atoms with Gasteiger partial charge in [-0.1, -0.05) is 54.6 Å². The van der Waals surface area contributed by atoms with Crippen molar-refractivity contribution in [2.75, 3.05) is 25.6 Å². The predicted octanol–water partition coefficient (Wildman–Crippen LogP) is 6.22. The van der Waals surface area contributed by atoms with Crippen molar-refractivity contribution in [3.05, 3.63) is 72.4 Å². The van der Waals surface area contributed by atoms with Gasteiger partial charge in [-0.25, -0.2) is 0 Å². The summed E-state index contributed by atoms with van der Waals surface area (Å²) >= 11 is 0. The highest BCUT2D eigenvalue weighted by atomic mass is 16.5. The smallest absolute Gasteiger partial charge is 0.224 e. The number of hydrogen-bond donors (Lipinski definition) is 2. The second-order valence-corrected chi connectivity index (χ2v) is 12.3. The molecule has 3 N–H and O–H groups in total. The standard InChI is InChI=1S/C33H42N4O2/c1-32(2,34)26-14-12-25(13-15-26)31-29(24-8-6-5-7-9-24)19-27(20-35-31)36-30(38)18-23-10-16-28(17-11-23)37(4)33(3)21-39-22-33/h5-9,12-15,19-20,23,28H,10-11,16-18,21-22,34H2,1-4H3,(H,36,38)/t23-,28-. The Bertz CT molecular complexity index is 1270. The average molecular weight is 527 g/mol. The number of aromatic nitrogens is 1. The second-order valence-electron chi connectivity index (χ2n) is 12.3. The van der Waals surface area contributed by atoms with Gasteiger partial charge in [0.1, 0.15) is 0 Å². The van der Waals surface area contributed by atoms with Crippen LogP contribution in [0.3, 0.4) is 0 Å². The molecule has 0 radical (unpaired) electrons. The number of anilines is 1. The number of carbonyl (C=O) groups excluding carboxylic acids is 1. The van der Waals surface area contributed by atoms with Crippen molar-refractivity contribution in [1.82, 2.24) is 9.88 Å². The fourth-order valence-electron chi connectivity index (χ4n) is 5.91. The van der Waals surface area contributed by atoms with E-state index in [4.69, 9.17) is 15.5 Å². The lowest BCUT2D eigenvalue weighted by molar-refractivity contribution is -0.139. The van der Waals surface area contributed by atoms with Crippen LogP contribution >= 0.6 is 0 Å². The summed E-state index contributed by atoms with van der Waals surface area (Å²) in [5, 5.41) is 3.14. The Hall–Kier alpha value is -3.06. The van der Waals surface area contributed by atoms with Crippen LogP contribution in [0.5, 0.6) is 0 Å². The van der Waals surface area contributed by atoms with Crippen LogP contribution in [0.4, 0.5) is 5.69 Å². The fraction of sp³-hybridized carbons (Fsp3) is 0.455. The second kappa shape index (κ2) is 11.2. The number of ether oxygens (including phenoxy) is 1. The van der Waals surface area contributed by atoms with Crippen molar-refractivity contribution >= 4 is 11.6 Å². The molecule has 1 amide bonds. The highest BCUT2D eigenvalue weighted by molar-refractivity contribution is 5.93. The van der Waals surface area contributed by atoms with E-state index < -0.39 is 5.54 Å². The van der Waals surface area contributed by atoms with E-state index in [-0.39, 0.29) is 11.4 Å². The first-order valence-corrected chi connectivity index (χ1v) is 14.2. The van der Waals surface area contributed by atoms with E-state index in [1.54, 1.807) is 6.20 Å². The van der Waals surface area contributed by atoms with Gasteiger partial charge in [0, 0.05) is 29.1 Å². The largest absolute Gasteiger partial charge is 0.377 e. The molecule has 1 aliphatic heterocycles. The van der Waals surface area contributed by atoms with Gasteiger partial charge in [-0.3, -0.25) is 14.7 Å². The number of nitrogens with zero attached hydrogens (tertiary/aromatic N) is 2. The number of pyridine rings is 1. The summed E-state index contributed by atoms with van der Waals surface area (Å²) in [5.74, 6) is 0.487. The Morgan fingerprint density at radius 3 is 2.31 bits per heavy atom. The zero-order chi connectivity index (χ0) is 27.6. The third-order valence-electron chi connectivity index (χ3n) is 8.67. The molecule has 5 rings (SSSR count). The lowest BCUT2D eigenvalue weighted by Crippen LogP contribution is -2.61. The third-order valence-corrected chi connectivity index (χ3v) is 8.67. The number of nitrogens with one attached hydrogen (secondary N) is 1. The zero-order valence-electron chi connectivity index (χ0n) is 23.7. The molecule has 6 heteroatoms. The van der Waals surface area contributed by atoms with E-state index in [0.29, 0.717) is 18.4 Å². The fourth-order valence-corrected chi connectivity index (χ4v) is 5.91. The van der Waals surface area contributed by atoms with Crippen LogP contribution in [0.2, 0.25) is 0 Å². The average Bonchev–Trinajstić information content (AvgIpc) is 2.92. The molecule has 0 spiro atoms. The molecule has 2 aliphatic rings. The Morgan fingerprint density at radius 2 is 1.72 bits per heavy atom. The molecule has 2 heterocycles. The molecule has 0 bridgehead atoms. The summed E-state index contributed by atoms with van der Waals surface area (Å²) in [7, 11) is 2.23. The first kappa shape index (κ1) is 27.5. The van der Waals surface area contributed by atoms with E-state index in [0.717, 1.165) is 72.5 Å². The van der Waals surface area contributed by atoms with Crippen LogP contribution in [-0.2, 0) is 15.1 Å². The van der Waals surface area contributed by atoms with Gasteiger partial charge < -0.3 is 15.8 Å². The van der Waals surface area contributed by atoms with E-state index in [2.05, 4.69) is 60.6 Å². The van der Waals surface area contributed by atoms with Crippen LogP contribution in [0, 0.1) is 5.92 Å². The van der Waals surface area contributed by atoms with Crippen molar-refractivity contribution < 1.29 is 9.53 Å². The molecule has 1 saturated heterocycles. The Labute approximate surface area is 233 Å². The van der Waals surface area contributed by atoms with Crippen molar-refractivity contribution in [3.8, 4) is 22.4 Å². The monoisotopic (exact) mass is 526 g/mol. The van der Waals surface area contributed by atoms with Crippen molar-refractivity contribution in [2.24, 2.45) is 11.7 Å². The van der Waals surface area contributed by atoms with E-state index in [1.165, 1.54) is 0 Å². The summed E-state index contributed by atoms with van der Waals surface area (Å²) in [6.45, 7) is 7.93. The van der Waals surface area contributed by atoms with Crippen LogP contribution in [-0.4, -0.2) is 47.6 Å². The summed E-state index contributed by atoms with van der Waals surface area (Å²) in [6.07, 6.45) is 6.77. The molecule has 39 heavy (non-hydrogen) atoms. The normalized spacial score (nSPS) is 20.9. The number of nitrogens with two attached hydrogens (primary N) is 1. The predicted molar refractivity (Wildman–Crippen MR) is 158 cm³/mol. The van der Waals surface area contributed by atoms with Gasteiger partial charge in [-0.15, -0.1) is 0 Å². The van der Waals surface area contributed by atoms with Crippen LogP contribution in [0.25, 0.3) is 22.4 Å². The lowest BCUT2D eigenvalue weighted by Gasteiger charge is -2.50. The molecular weight excluding hydrogens is 484 g/mol. The number of rotatable bonds is 8. The summed E-state index contributed by atoms with van der Waals surface area (Å²) in [5.41, 5.74) is 11.8. The lowest BCUT2D eigenvalue weighted by atomic mass is 9.81. The molecule has 6 nitrogen and oxygen atoms in total. The van der Waals surface area contributed by atoms with Gasteiger partial charge >= 0.3 is 0 Å². The number of likely N-dealkylation sites (N-methyl/N-ethyl adjacent to an activating group) is 1. The van der Waals surface area contributed by atoms with E-state index in [1.807, 2.05) is 38.1 Å². The molecular formula is C33H42N4O2. The molecule has 3 aromatic rings. The summed E-state index contributed by atoms with van der Waals surface area (Å²) < 4.78 is 5.46. The Morgan fingerprint density at radius 1 is 1.05 bits per heavy atom. The molecule has 0 unspecified atom stereocenters. The molecule has 0 atom stereocenters. The van der Waals surface area contributed by atoms with Crippen LogP contribution < -0.4 is 11.1 Å². The number of amides is 1. The Kier molecular flexibility index (Phi) is 7.90. The maximum atomic E-state index is 13.1. The van der Waals surface area contributed by atoms with Gasteiger partial charge in [0.05, 0.1) is 36.3 Å². The number of carbonyl (C=O) groups is 1. The van der Waals surface area contributed by atoms with Gasteiger partial charge in [-0.05, 0) is 76.6 Å². The summed E-state index contributed by atoms with van der Waals surface area (Å²) in [6, 6.07) is 21.1. The van der Waals surface area contributed by atoms with Gasteiger partial charge in [-0.2, -0.15) is 0 Å². The molecule has 2 fully saturated rings. The minimum Gasteiger partial charge on any atom is -0.377 e. The van der Waals surface area contributed by atoms with Crippen molar-refractivity contribution in [1.29, 1.82) is 0 Å². The SMILES string of the molecule is CN([C@H]1CC[C@H](CC(=O)Nc2cnc(-c3ccc(C(C)(C)N)cc3)c(-c3ccccc3)c2)CC1)C1(C)COC1. The number of hydrogen-bond acceptors (Lipinski definition) is 5. The van der Waals surface area contributed by atoms with E-state index in [9.17, 15) is 4.79 Å². The molecule has 1 aromatic heterocycles. The topological polar surface area (TPSA) is 80.5 Å². The first-order valence-electron chi connectivity index (χ1n) is 14.2. The minimum absolute atomic E-state index is 0.0641. The molecule has 206 valence electrons.